The Kier molecular flexibility index (Phi) is 2.78. The lowest BCUT2D eigenvalue weighted by Gasteiger charge is -2.38. The summed E-state index contributed by atoms with van der Waals surface area (Å²) in [5.41, 5.74) is 0.633. The van der Waals surface area contributed by atoms with Crippen LogP contribution in [0.25, 0.3) is 0 Å². The van der Waals surface area contributed by atoms with Crippen LogP contribution in [-0.2, 0) is 4.74 Å². The third-order valence-electron chi connectivity index (χ3n) is 2.58. The van der Waals surface area contributed by atoms with E-state index in [0.717, 1.165) is 0 Å². The van der Waals surface area contributed by atoms with Gasteiger partial charge in [-0.05, 0) is 18.2 Å². The lowest BCUT2D eigenvalue weighted by atomic mass is 10.1. The van der Waals surface area contributed by atoms with Crippen LogP contribution >= 0.6 is 0 Å². The summed E-state index contributed by atoms with van der Waals surface area (Å²) >= 11 is 0. The highest BCUT2D eigenvalue weighted by Crippen LogP contribution is 2.23. The van der Waals surface area contributed by atoms with Gasteiger partial charge in [-0.1, -0.05) is 0 Å². The number of aliphatic hydroxyl groups is 1. The van der Waals surface area contributed by atoms with Gasteiger partial charge in [0.1, 0.15) is 5.82 Å². The molecule has 1 aromatic rings. The predicted molar refractivity (Wildman–Crippen MR) is 56.0 cm³/mol. The normalized spacial score (nSPS) is 15.8. The minimum absolute atomic E-state index is 0.0820. The van der Waals surface area contributed by atoms with E-state index < -0.39 is 11.8 Å². The largest absolute Gasteiger partial charge is 0.465 e. The average Bonchev–Trinajstić information content (AvgIpc) is 2.25. The first-order valence-electron chi connectivity index (χ1n) is 4.92. The van der Waals surface area contributed by atoms with E-state index in [9.17, 15) is 9.18 Å². The molecule has 0 aromatic heterocycles. The summed E-state index contributed by atoms with van der Waals surface area (Å²) < 4.78 is 17.8. The van der Waals surface area contributed by atoms with Crippen molar-refractivity contribution in [3.63, 3.8) is 0 Å². The first-order valence-corrected chi connectivity index (χ1v) is 4.92. The topological polar surface area (TPSA) is 49.8 Å². The van der Waals surface area contributed by atoms with Gasteiger partial charge in [0, 0.05) is 18.8 Å². The molecule has 5 heteroatoms. The van der Waals surface area contributed by atoms with Gasteiger partial charge in [-0.25, -0.2) is 9.18 Å². The molecule has 1 fully saturated rings. The molecule has 1 heterocycles. The van der Waals surface area contributed by atoms with Gasteiger partial charge < -0.3 is 14.7 Å². The number of esters is 1. The number of aliphatic hydroxyl groups excluding tert-OH is 1. The molecule has 0 unspecified atom stereocenters. The molecule has 1 aliphatic rings. The highest BCUT2D eigenvalue weighted by Gasteiger charge is 2.25. The number of hydrogen-bond acceptors (Lipinski definition) is 4. The molecule has 1 aromatic carbocycles. The summed E-state index contributed by atoms with van der Waals surface area (Å²) in [5, 5.41) is 9.15. The third kappa shape index (κ3) is 1.86. The number of rotatable bonds is 2. The maximum atomic E-state index is 13.3. The lowest BCUT2D eigenvalue weighted by Crippen LogP contribution is -2.50. The van der Waals surface area contributed by atoms with Crippen LogP contribution in [-0.4, -0.2) is 37.4 Å². The second-order valence-electron chi connectivity index (χ2n) is 3.71. The number of benzene rings is 1. The van der Waals surface area contributed by atoms with Gasteiger partial charge in [-0.2, -0.15) is 0 Å². The van der Waals surface area contributed by atoms with Gasteiger partial charge in [0.15, 0.2) is 0 Å². The van der Waals surface area contributed by atoms with E-state index >= 15 is 0 Å². The number of anilines is 1. The molecule has 0 saturated carbocycles. The molecule has 0 radical (unpaired) electrons. The molecule has 1 aliphatic heterocycles. The zero-order valence-electron chi connectivity index (χ0n) is 8.81. The molecule has 86 valence electrons. The van der Waals surface area contributed by atoms with Gasteiger partial charge >= 0.3 is 5.97 Å². The zero-order valence-corrected chi connectivity index (χ0v) is 8.81. The average molecular weight is 225 g/mol. The predicted octanol–water partition coefficient (Wildman–Crippen LogP) is 0.793. The van der Waals surface area contributed by atoms with Crippen molar-refractivity contribution in [2.24, 2.45) is 0 Å². The second-order valence-corrected chi connectivity index (χ2v) is 3.71. The quantitative estimate of drug-likeness (QED) is 0.756. The van der Waals surface area contributed by atoms with Crippen molar-refractivity contribution in [3.8, 4) is 0 Å². The van der Waals surface area contributed by atoms with Gasteiger partial charge in [-0.3, -0.25) is 0 Å². The molecule has 2 rings (SSSR count). The van der Waals surface area contributed by atoms with Crippen LogP contribution in [0.4, 0.5) is 10.1 Å². The summed E-state index contributed by atoms with van der Waals surface area (Å²) in [6, 6.07) is 4.24. The van der Waals surface area contributed by atoms with Crippen molar-refractivity contribution in [2.75, 3.05) is 25.1 Å². The van der Waals surface area contributed by atoms with Crippen LogP contribution in [0.1, 0.15) is 10.4 Å². The van der Waals surface area contributed by atoms with Crippen molar-refractivity contribution >= 4 is 11.7 Å². The first kappa shape index (κ1) is 10.9. The van der Waals surface area contributed by atoms with Crippen LogP contribution < -0.4 is 4.90 Å². The molecule has 1 saturated heterocycles. The summed E-state index contributed by atoms with van der Waals surface area (Å²) in [4.78, 5) is 13.1. The Morgan fingerprint density at radius 1 is 1.56 bits per heavy atom. The third-order valence-corrected chi connectivity index (χ3v) is 2.58. The second kappa shape index (κ2) is 4.09. The Balaban J connectivity index is 2.25. The van der Waals surface area contributed by atoms with Crippen LogP contribution in [0.3, 0.4) is 0 Å². The number of ether oxygens (including phenoxy) is 1. The van der Waals surface area contributed by atoms with Crippen molar-refractivity contribution in [1.82, 2.24) is 0 Å². The molecule has 4 nitrogen and oxygen atoms in total. The Bertz CT molecular complexity index is 416. The van der Waals surface area contributed by atoms with Gasteiger partial charge in [-0.15, -0.1) is 0 Å². The standard InChI is InChI=1S/C11H12FNO3/c1-16-11(15)9-4-7(2-3-10(9)12)13-5-8(14)6-13/h2-4,8,14H,5-6H2,1H3. The minimum atomic E-state index is -0.694. The Morgan fingerprint density at radius 2 is 2.25 bits per heavy atom. The molecule has 0 amide bonds. The molecule has 0 spiro atoms. The van der Waals surface area contributed by atoms with Crippen molar-refractivity contribution in [2.45, 2.75) is 6.10 Å². The van der Waals surface area contributed by atoms with E-state index in [1.807, 2.05) is 4.90 Å². The number of methoxy groups -OCH3 is 1. The van der Waals surface area contributed by atoms with Crippen LogP contribution in [0.15, 0.2) is 18.2 Å². The van der Waals surface area contributed by atoms with Gasteiger partial charge in [0.2, 0.25) is 0 Å². The highest BCUT2D eigenvalue weighted by atomic mass is 19.1. The molecule has 0 aliphatic carbocycles. The SMILES string of the molecule is COC(=O)c1cc(N2CC(O)C2)ccc1F. The fourth-order valence-electron chi connectivity index (χ4n) is 1.64. The van der Waals surface area contributed by atoms with E-state index in [1.165, 1.54) is 19.2 Å². The van der Waals surface area contributed by atoms with Crippen molar-refractivity contribution in [3.05, 3.63) is 29.6 Å². The molecule has 1 N–H and O–H groups in total. The molecule has 0 atom stereocenters. The Hall–Kier alpha value is -1.62. The highest BCUT2D eigenvalue weighted by molar-refractivity contribution is 5.90. The monoisotopic (exact) mass is 225 g/mol. The van der Waals surface area contributed by atoms with Crippen molar-refractivity contribution < 1.29 is 19.0 Å². The van der Waals surface area contributed by atoms with E-state index in [0.29, 0.717) is 18.8 Å². The summed E-state index contributed by atoms with van der Waals surface area (Å²) in [6.45, 7) is 1.01. The number of carbonyl (C=O) groups is 1. The molecule has 16 heavy (non-hydrogen) atoms. The van der Waals surface area contributed by atoms with E-state index in [-0.39, 0.29) is 11.7 Å². The molecular formula is C11H12FNO3. The fraction of sp³-hybridized carbons (Fsp3) is 0.364. The molecule has 0 bridgehead atoms. The first-order chi connectivity index (χ1) is 7.61. The molecular weight excluding hydrogens is 213 g/mol. The number of halogens is 1. The van der Waals surface area contributed by atoms with Crippen molar-refractivity contribution in [1.29, 1.82) is 0 Å². The van der Waals surface area contributed by atoms with E-state index in [1.54, 1.807) is 6.07 Å². The Morgan fingerprint density at radius 3 is 2.81 bits per heavy atom. The van der Waals surface area contributed by atoms with Crippen LogP contribution in [0.5, 0.6) is 0 Å². The summed E-state index contributed by atoms with van der Waals surface area (Å²) in [5.74, 6) is -1.29. The van der Waals surface area contributed by atoms with E-state index in [4.69, 9.17) is 5.11 Å². The maximum absolute atomic E-state index is 13.3. The van der Waals surface area contributed by atoms with Crippen LogP contribution in [0, 0.1) is 5.82 Å². The number of nitrogens with zero attached hydrogens (tertiary/aromatic N) is 1. The number of carbonyl (C=O) groups excluding carboxylic acids is 1. The van der Waals surface area contributed by atoms with Gasteiger partial charge in [0.25, 0.3) is 0 Å². The smallest absolute Gasteiger partial charge is 0.340 e. The maximum Gasteiger partial charge on any atom is 0.340 e. The Labute approximate surface area is 92.2 Å². The number of β-amino-alcohol motifs (C(OH)–C–C–N with tert-alkyl or cyclic N) is 1. The lowest BCUT2D eigenvalue weighted by molar-refractivity contribution is 0.0595. The van der Waals surface area contributed by atoms with Gasteiger partial charge in [0.05, 0.1) is 18.8 Å². The fourth-order valence-corrected chi connectivity index (χ4v) is 1.64. The zero-order chi connectivity index (χ0) is 11.7. The minimum Gasteiger partial charge on any atom is -0.465 e. The summed E-state index contributed by atoms with van der Waals surface area (Å²) in [7, 11) is 1.21. The summed E-state index contributed by atoms with van der Waals surface area (Å²) in [6.07, 6.45) is -0.341. The van der Waals surface area contributed by atoms with E-state index in [2.05, 4.69) is 4.74 Å². The van der Waals surface area contributed by atoms with Crippen LogP contribution in [0.2, 0.25) is 0 Å². The number of hydrogen-bond donors (Lipinski definition) is 1.